The zero-order chi connectivity index (χ0) is 26.2. The van der Waals surface area contributed by atoms with Crippen molar-refractivity contribution in [3.05, 3.63) is 53.7 Å². The third-order valence-electron chi connectivity index (χ3n) is 5.37. The first-order valence-electron chi connectivity index (χ1n) is 10.2. The molecule has 1 fully saturated rings. The van der Waals surface area contributed by atoms with Crippen LogP contribution >= 0.6 is 0 Å². The van der Waals surface area contributed by atoms with Crippen LogP contribution in [0.15, 0.2) is 42.6 Å². The molecular formula is C21H21F6N3O4S. The van der Waals surface area contributed by atoms with Crippen LogP contribution in [0.25, 0.3) is 0 Å². The van der Waals surface area contributed by atoms with Crippen LogP contribution < -0.4 is 9.64 Å². The van der Waals surface area contributed by atoms with E-state index in [0.29, 0.717) is 6.20 Å². The second-order valence-corrected chi connectivity index (χ2v) is 10.1. The molecule has 3 rings (SSSR count). The van der Waals surface area contributed by atoms with Crippen molar-refractivity contribution in [2.24, 2.45) is 0 Å². The minimum Gasteiger partial charge on any atom is -0.480 e. The average molecular weight is 525 g/mol. The van der Waals surface area contributed by atoms with Crippen LogP contribution in [-0.4, -0.2) is 67.8 Å². The molecule has 0 aliphatic carbocycles. The molecule has 192 valence electrons. The standard InChI is InChI=1S/C21H21F6N3O4S/c1-13(20(22,23)24)34-16-6-4-3-5-15(16)19(31)30-10-9-29(12-18(30)35(2,32)33)17-8-7-14(11-28-17)21(25,26)27/h3-8,11,13,18H,9-10,12H2,1-2H3. The third-order valence-corrected chi connectivity index (χ3v) is 6.76. The fourth-order valence-corrected chi connectivity index (χ4v) is 4.57. The van der Waals surface area contributed by atoms with E-state index in [1.807, 2.05) is 0 Å². The zero-order valence-electron chi connectivity index (χ0n) is 18.5. The molecule has 0 N–H and O–H groups in total. The lowest BCUT2D eigenvalue weighted by atomic mass is 10.1. The Labute approximate surface area is 197 Å². The molecule has 1 saturated heterocycles. The lowest BCUT2D eigenvalue weighted by molar-refractivity contribution is -0.189. The number of anilines is 1. The summed E-state index contributed by atoms with van der Waals surface area (Å²) in [6.45, 7) is 0.321. The Kier molecular flexibility index (Phi) is 7.25. The van der Waals surface area contributed by atoms with E-state index in [4.69, 9.17) is 4.74 Å². The summed E-state index contributed by atoms with van der Waals surface area (Å²) in [5.41, 5.74) is -1.22. The van der Waals surface area contributed by atoms with Crippen LogP contribution in [0.4, 0.5) is 32.2 Å². The smallest absolute Gasteiger partial charge is 0.425 e. The number of benzene rings is 1. The Morgan fingerprint density at radius 2 is 1.74 bits per heavy atom. The van der Waals surface area contributed by atoms with Gasteiger partial charge in [-0.15, -0.1) is 0 Å². The van der Waals surface area contributed by atoms with Gasteiger partial charge in [-0.1, -0.05) is 12.1 Å². The number of ether oxygens (including phenoxy) is 1. The maximum absolute atomic E-state index is 13.2. The molecule has 0 bridgehead atoms. The number of amides is 1. The Hall–Kier alpha value is -3.03. The Morgan fingerprint density at radius 1 is 1.09 bits per heavy atom. The van der Waals surface area contributed by atoms with Gasteiger partial charge in [-0.05, 0) is 31.2 Å². The van der Waals surface area contributed by atoms with Gasteiger partial charge in [0, 0.05) is 25.5 Å². The van der Waals surface area contributed by atoms with Crippen molar-refractivity contribution in [2.45, 2.75) is 30.8 Å². The highest BCUT2D eigenvalue weighted by molar-refractivity contribution is 7.91. The van der Waals surface area contributed by atoms with Crippen molar-refractivity contribution in [2.75, 3.05) is 30.8 Å². The molecule has 35 heavy (non-hydrogen) atoms. The van der Waals surface area contributed by atoms with Crippen LogP contribution in [0.2, 0.25) is 0 Å². The number of carbonyl (C=O) groups excluding carboxylic acids is 1. The number of piperazine rings is 1. The van der Waals surface area contributed by atoms with Gasteiger partial charge in [0.2, 0.25) is 0 Å². The molecule has 2 heterocycles. The number of hydrogen-bond donors (Lipinski definition) is 0. The van der Waals surface area contributed by atoms with Crippen LogP contribution in [-0.2, 0) is 16.0 Å². The van der Waals surface area contributed by atoms with Gasteiger partial charge in [0.1, 0.15) is 11.6 Å². The quantitative estimate of drug-likeness (QED) is 0.554. The summed E-state index contributed by atoms with van der Waals surface area (Å²) in [5.74, 6) is -1.13. The fourth-order valence-electron chi connectivity index (χ4n) is 3.46. The van der Waals surface area contributed by atoms with Gasteiger partial charge in [0.15, 0.2) is 21.3 Å². The Morgan fingerprint density at radius 3 is 2.29 bits per heavy atom. The largest absolute Gasteiger partial charge is 0.480 e. The zero-order valence-corrected chi connectivity index (χ0v) is 19.3. The van der Waals surface area contributed by atoms with E-state index in [1.165, 1.54) is 29.2 Å². The highest BCUT2D eigenvalue weighted by Crippen LogP contribution is 2.31. The van der Waals surface area contributed by atoms with E-state index in [1.54, 1.807) is 0 Å². The van der Waals surface area contributed by atoms with Crippen LogP contribution in [0.1, 0.15) is 22.8 Å². The van der Waals surface area contributed by atoms with Gasteiger partial charge < -0.3 is 14.5 Å². The van der Waals surface area contributed by atoms with Crippen molar-refractivity contribution in [3.63, 3.8) is 0 Å². The maximum atomic E-state index is 13.2. The van der Waals surface area contributed by atoms with Crippen molar-refractivity contribution < 1.29 is 44.3 Å². The second kappa shape index (κ2) is 9.55. The van der Waals surface area contributed by atoms with Gasteiger partial charge in [0.25, 0.3) is 5.91 Å². The number of nitrogens with zero attached hydrogens (tertiary/aromatic N) is 3. The molecule has 1 aromatic heterocycles. The van der Waals surface area contributed by atoms with E-state index in [2.05, 4.69) is 4.98 Å². The Bertz CT molecular complexity index is 1170. The van der Waals surface area contributed by atoms with Crippen molar-refractivity contribution in [3.8, 4) is 5.75 Å². The van der Waals surface area contributed by atoms with E-state index in [-0.39, 0.29) is 36.8 Å². The van der Waals surface area contributed by atoms with Crippen LogP contribution in [0.5, 0.6) is 5.75 Å². The summed E-state index contributed by atoms with van der Waals surface area (Å²) in [6, 6.07) is 7.08. The molecule has 0 saturated carbocycles. The van der Waals surface area contributed by atoms with Gasteiger partial charge in [-0.25, -0.2) is 13.4 Å². The normalized spacial score (nSPS) is 18.3. The summed E-state index contributed by atoms with van der Waals surface area (Å²) >= 11 is 0. The third kappa shape index (κ3) is 6.16. The average Bonchev–Trinajstić information content (AvgIpc) is 2.77. The van der Waals surface area contributed by atoms with Crippen molar-refractivity contribution in [1.29, 1.82) is 0 Å². The fraction of sp³-hybridized carbons (Fsp3) is 0.429. The second-order valence-electron chi connectivity index (χ2n) is 7.93. The van der Waals surface area contributed by atoms with E-state index < -0.39 is 45.1 Å². The molecular weight excluding hydrogens is 504 g/mol. The number of alkyl halides is 6. The minimum absolute atomic E-state index is 0.0259. The van der Waals surface area contributed by atoms with Gasteiger partial charge in [-0.2, -0.15) is 26.3 Å². The van der Waals surface area contributed by atoms with Gasteiger partial charge in [0.05, 0.1) is 17.7 Å². The number of para-hydroxylation sites is 1. The van der Waals surface area contributed by atoms with E-state index >= 15 is 0 Å². The molecule has 0 spiro atoms. The predicted octanol–water partition coefficient (Wildman–Crippen LogP) is 3.76. The van der Waals surface area contributed by atoms with Gasteiger partial charge >= 0.3 is 12.4 Å². The Balaban J connectivity index is 1.87. The first-order valence-corrected chi connectivity index (χ1v) is 12.1. The summed E-state index contributed by atoms with van der Waals surface area (Å²) < 4.78 is 107. The minimum atomic E-state index is -4.69. The molecule has 1 aliphatic heterocycles. The van der Waals surface area contributed by atoms with Crippen molar-refractivity contribution >= 4 is 21.6 Å². The summed E-state index contributed by atoms with van der Waals surface area (Å²) in [6.07, 6.45) is -9.99. The molecule has 2 atom stereocenters. The van der Waals surface area contributed by atoms with E-state index in [0.717, 1.165) is 30.2 Å². The number of halogens is 6. The molecule has 1 amide bonds. The molecule has 7 nitrogen and oxygen atoms in total. The number of rotatable bonds is 5. The predicted molar refractivity (Wildman–Crippen MR) is 114 cm³/mol. The topological polar surface area (TPSA) is 79.8 Å². The monoisotopic (exact) mass is 525 g/mol. The van der Waals surface area contributed by atoms with Crippen LogP contribution in [0.3, 0.4) is 0 Å². The SMILES string of the molecule is CC(Oc1ccccc1C(=O)N1CCN(c2ccc(C(F)(F)F)cn2)CC1S(C)(=O)=O)C(F)(F)F. The lowest BCUT2D eigenvalue weighted by Gasteiger charge is -2.41. The maximum Gasteiger partial charge on any atom is 0.425 e. The number of pyridine rings is 1. The number of aromatic nitrogens is 1. The molecule has 14 heteroatoms. The number of hydrogen-bond acceptors (Lipinski definition) is 6. The summed E-state index contributed by atoms with van der Waals surface area (Å²) in [4.78, 5) is 19.4. The molecule has 2 aromatic rings. The highest BCUT2D eigenvalue weighted by Gasteiger charge is 2.41. The number of sulfone groups is 1. The molecule has 1 aliphatic rings. The van der Waals surface area contributed by atoms with Crippen LogP contribution in [0, 0.1) is 0 Å². The molecule has 1 aromatic carbocycles. The first-order chi connectivity index (χ1) is 16.1. The highest BCUT2D eigenvalue weighted by atomic mass is 32.2. The van der Waals surface area contributed by atoms with E-state index in [9.17, 15) is 39.6 Å². The summed E-state index contributed by atoms with van der Waals surface area (Å²) in [7, 11) is -3.92. The molecule has 0 radical (unpaired) electrons. The number of carbonyl (C=O) groups is 1. The first kappa shape index (κ1) is 26.6. The molecule has 2 unspecified atom stereocenters. The summed E-state index contributed by atoms with van der Waals surface area (Å²) in [5, 5.41) is -1.43. The lowest BCUT2D eigenvalue weighted by Crippen LogP contribution is -2.58. The van der Waals surface area contributed by atoms with Gasteiger partial charge in [-0.3, -0.25) is 4.79 Å². The van der Waals surface area contributed by atoms with Crippen molar-refractivity contribution in [1.82, 2.24) is 9.88 Å².